The molecule has 2 bridgehead atoms. The van der Waals surface area contributed by atoms with Crippen LogP contribution in [0.4, 0.5) is 0 Å². The molecule has 1 nitrogen and oxygen atoms in total. The van der Waals surface area contributed by atoms with Crippen LogP contribution in [-0.4, -0.2) is 24.0 Å². The number of rotatable bonds is 2. The summed E-state index contributed by atoms with van der Waals surface area (Å²) in [5.41, 5.74) is 0. The Labute approximate surface area is 103 Å². The third-order valence-electron chi connectivity index (χ3n) is 3.40. The van der Waals surface area contributed by atoms with E-state index in [-0.39, 0.29) is 0 Å². The standard InChI is InChI=1S/C8H17N.C6H4S/c1-3-8(2)9-6-4-5-7-9;1-2-5-4-6(3-1)7-5/h8H,3-7H2,1-2H3;1-4H. The Bertz CT molecular complexity index is 307. The van der Waals surface area contributed by atoms with Crippen molar-refractivity contribution < 1.29 is 0 Å². The van der Waals surface area contributed by atoms with E-state index in [1.54, 1.807) is 0 Å². The molecule has 0 spiro atoms. The predicted molar refractivity (Wildman–Crippen MR) is 71.1 cm³/mol. The number of hydrogen-bond acceptors (Lipinski definition) is 2. The zero-order valence-electron chi connectivity index (χ0n) is 10.3. The minimum Gasteiger partial charge on any atom is -0.301 e. The van der Waals surface area contributed by atoms with Crippen LogP contribution in [0.5, 0.6) is 0 Å². The molecule has 1 fully saturated rings. The minimum absolute atomic E-state index is 0.826. The molecule has 2 heteroatoms. The molecule has 0 amide bonds. The lowest BCUT2D eigenvalue weighted by atomic mass is 10.2. The largest absolute Gasteiger partial charge is 0.301 e. The zero-order chi connectivity index (χ0) is 11.4. The van der Waals surface area contributed by atoms with Crippen molar-refractivity contribution in [3.63, 3.8) is 0 Å². The average molecular weight is 235 g/mol. The summed E-state index contributed by atoms with van der Waals surface area (Å²) in [5.74, 6) is 0. The zero-order valence-corrected chi connectivity index (χ0v) is 11.1. The van der Waals surface area contributed by atoms with Crippen molar-refractivity contribution in [3.8, 4) is 0 Å². The van der Waals surface area contributed by atoms with E-state index in [2.05, 4.69) is 43.0 Å². The van der Waals surface area contributed by atoms with Crippen molar-refractivity contribution in [1.29, 1.82) is 0 Å². The van der Waals surface area contributed by atoms with Gasteiger partial charge >= 0.3 is 0 Å². The average Bonchev–Trinajstić information content (AvgIpc) is 2.82. The summed E-state index contributed by atoms with van der Waals surface area (Å²) in [4.78, 5) is 5.38. The summed E-state index contributed by atoms with van der Waals surface area (Å²) in [6, 6.07) is 9.34. The number of likely N-dealkylation sites (tertiary alicyclic amines) is 1. The Hall–Kier alpha value is -0.470. The third-order valence-corrected chi connectivity index (χ3v) is 4.38. The fourth-order valence-corrected chi connectivity index (χ4v) is 2.87. The van der Waals surface area contributed by atoms with E-state index in [1.807, 2.05) is 11.8 Å². The van der Waals surface area contributed by atoms with Crippen LogP contribution < -0.4 is 0 Å². The molecule has 0 aliphatic carbocycles. The van der Waals surface area contributed by atoms with Crippen LogP contribution >= 0.6 is 11.8 Å². The van der Waals surface area contributed by atoms with Gasteiger partial charge in [0.2, 0.25) is 0 Å². The predicted octanol–water partition coefficient (Wildman–Crippen LogP) is 4.03. The van der Waals surface area contributed by atoms with E-state index < -0.39 is 0 Å². The summed E-state index contributed by atoms with van der Waals surface area (Å²) in [7, 11) is 0. The van der Waals surface area contributed by atoms with Gasteiger partial charge in [-0.3, -0.25) is 0 Å². The van der Waals surface area contributed by atoms with Gasteiger partial charge in [-0.25, -0.2) is 0 Å². The maximum atomic E-state index is 2.58. The Morgan fingerprint density at radius 2 is 1.81 bits per heavy atom. The molecule has 4 rings (SSSR count). The van der Waals surface area contributed by atoms with E-state index in [1.165, 1.54) is 42.1 Å². The molecular weight excluding hydrogens is 214 g/mol. The highest BCUT2D eigenvalue weighted by atomic mass is 32.2. The Kier molecular flexibility index (Phi) is 4.30. The second-order valence-electron chi connectivity index (χ2n) is 4.58. The topological polar surface area (TPSA) is 3.24 Å². The number of benzene rings is 1. The molecule has 3 heterocycles. The third kappa shape index (κ3) is 3.02. The molecule has 88 valence electrons. The monoisotopic (exact) mass is 235 g/mol. The van der Waals surface area contributed by atoms with Gasteiger partial charge in [-0.2, -0.15) is 0 Å². The molecule has 3 aliphatic rings. The van der Waals surface area contributed by atoms with Gasteiger partial charge in [0.15, 0.2) is 0 Å². The van der Waals surface area contributed by atoms with Gasteiger partial charge in [0, 0.05) is 15.8 Å². The van der Waals surface area contributed by atoms with E-state index in [9.17, 15) is 0 Å². The lowest BCUT2D eigenvalue weighted by Crippen LogP contribution is -2.29. The van der Waals surface area contributed by atoms with Crippen LogP contribution in [-0.2, 0) is 0 Å². The van der Waals surface area contributed by atoms with Gasteiger partial charge in [-0.15, -0.1) is 0 Å². The first kappa shape index (κ1) is 12.0. The number of nitrogens with zero attached hydrogens (tertiary/aromatic N) is 1. The second-order valence-corrected chi connectivity index (χ2v) is 5.72. The molecule has 0 aromatic heterocycles. The van der Waals surface area contributed by atoms with Crippen LogP contribution in [0.25, 0.3) is 0 Å². The van der Waals surface area contributed by atoms with Gasteiger partial charge < -0.3 is 4.90 Å². The Morgan fingerprint density at radius 3 is 2.12 bits per heavy atom. The van der Waals surface area contributed by atoms with Crippen LogP contribution in [0.2, 0.25) is 0 Å². The fraction of sp³-hybridized carbons (Fsp3) is 0.571. The fourth-order valence-electron chi connectivity index (χ4n) is 2.12. The number of hydrogen-bond donors (Lipinski definition) is 0. The maximum absolute atomic E-state index is 2.58. The summed E-state index contributed by atoms with van der Waals surface area (Å²) >= 11 is 1.85. The molecule has 1 saturated heterocycles. The normalized spacial score (nSPS) is 19.6. The van der Waals surface area contributed by atoms with Gasteiger partial charge in [0.05, 0.1) is 0 Å². The molecule has 0 saturated carbocycles. The van der Waals surface area contributed by atoms with Gasteiger partial charge in [-0.1, -0.05) is 24.8 Å². The Balaban J connectivity index is 0.000000123. The van der Waals surface area contributed by atoms with Gasteiger partial charge in [0.1, 0.15) is 0 Å². The molecule has 0 N–H and O–H groups in total. The maximum Gasteiger partial charge on any atom is 0.0133 e. The molecular formula is C14H21NS. The Morgan fingerprint density at radius 1 is 1.25 bits per heavy atom. The first-order valence-corrected chi connectivity index (χ1v) is 7.13. The lowest BCUT2D eigenvalue weighted by molar-refractivity contribution is 0.253. The SMILES string of the molecule is CCC(C)N1CCCC1.c1cc2cc(c1)S2. The quantitative estimate of drug-likeness (QED) is 0.773. The lowest BCUT2D eigenvalue weighted by Gasteiger charge is -2.21. The highest BCUT2D eigenvalue weighted by molar-refractivity contribution is 8.00. The van der Waals surface area contributed by atoms with Crippen LogP contribution in [0.3, 0.4) is 0 Å². The van der Waals surface area contributed by atoms with Crippen molar-refractivity contribution in [3.05, 3.63) is 24.3 Å². The highest BCUT2D eigenvalue weighted by Crippen LogP contribution is 2.37. The van der Waals surface area contributed by atoms with Crippen molar-refractivity contribution in [1.82, 2.24) is 4.90 Å². The second kappa shape index (κ2) is 5.74. The van der Waals surface area contributed by atoms with Crippen molar-refractivity contribution in [2.75, 3.05) is 13.1 Å². The summed E-state index contributed by atoms with van der Waals surface area (Å²) in [6.07, 6.45) is 4.15. The van der Waals surface area contributed by atoms with E-state index in [0.717, 1.165) is 6.04 Å². The highest BCUT2D eigenvalue weighted by Gasteiger charge is 2.15. The van der Waals surface area contributed by atoms with Crippen LogP contribution in [0, 0.1) is 0 Å². The van der Waals surface area contributed by atoms with Crippen molar-refractivity contribution in [2.24, 2.45) is 0 Å². The first-order chi connectivity index (χ1) is 7.79. The minimum atomic E-state index is 0.826. The molecule has 1 aromatic rings. The first-order valence-electron chi connectivity index (χ1n) is 6.31. The van der Waals surface area contributed by atoms with Gasteiger partial charge in [0.25, 0.3) is 0 Å². The molecule has 0 radical (unpaired) electrons. The van der Waals surface area contributed by atoms with Crippen molar-refractivity contribution in [2.45, 2.75) is 48.9 Å². The number of fused-ring (bicyclic) bond motifs is 2. The summed E-state index contributed by atoms with van der Waals surface area (Å²) in [6.45, 7) is 7.28. The molecule has 16 heavy (non-hydrogen) atoms. The summed E-state index contributed by atoms with van der Waals surface area (Å²) in [5, 5.41) is 0. The smallest absolute Gasteiger partial charge is 0.0133 e. The molecule has 1 atom stereocenters. The molecule has 1 aromatic carbocycles. The van der Waals surface area contributed by atoms with E-state index in [0.29, 0.717) is 0 Å². The van der Waals surface area contributed by atoms with Gasteiger partial charge in [-0.05, 0) is 57.5 Å². The summed E-state index contributed by atoms with van der Waals surface area (Å²) < 4.78 is 0. The molecule has 3 aliphatic heterocycles. The van der Waals surface area contributed by atoms with Crippen molar-refractivity contribution >= 4 is 11.8 Å². The van der Waals surface area contributed by atoms with Crippen LogP contribution in [0.15, 0.2) is 34.1 Å². The van der Waals surface area contributed by atoms with E-state index >= 15 is 0 Å². The van der Waals surface area contributed by atoms with E-state index in [4.69, 9.17) is 0 Å². The molecule has 1 unspecified atom stereocenters. The van der Waals surface area contributed by atoms with Crippen LogP contribution in [0.1, 0.15) is 33.1 Å².